The summed E-state index contributed by atoms with van der Waals surface area (Å²) in [5.41, 5.74) is -3.34. The molecule has 6 nitrogen and oxygen atoms in total. The lowest BCUT2D eigenvalue weighted by molar-refractivity contribution is -0.294. The molecule has 0 radical (unpaired) electrons. The second-order valence-corrected chi connectivity index (χ2v) is 7.75. The molecular formula is C21H30N4O2. The lowest BCUT2D eigenvalue weighted by atomic mass is 9.51. The quantitative estimate of drug-likeness (QED) is 0.666. The van der Waals surface area contributed by atoms with Gasteiger partial charge < -0.3 is 9.47 Å². The highest BCUT2D eigenvalue weighted by Gasteiger charge is 2.79. The molecule has 2 rings (SSSR count). The molecule has 2 heterocycles. The van der Waals surface area contributed by atoms with E-state index in [1.54, 1.807) is 0 Å². The molecule has 146 valence electrons. The van der Waals surface area contributed by atoms with E-state index in [1.807, 2.05) is 20.8 Å². The van der Waals surface area contributed by atoms with Crippen LogP contribution in [0.1, 0.15) is 72.6 Å². The first-order valence-electron chi connectivity index (χ1n) is 10.1. The van der Waals surface area contributed by atoms with Crippen molar-refractivity contribution in [3.05, 3.63) is 0 Å². The predicted molar refractivity (Wildman–Crippen MR) is 100 cm³/mol. The van der Waals surface area contributed by atoms with Gasteiger partial charge in [-0.3, -0.25) is 5.41 Å². The summed E-state index contributed by atoms with van der Waals surface area (Å²) in [6.45, 7) is 8.03. The first-order valence-corrected chi connectivity index (χ1v) is 10.1. The summed E-state index contributed by atoms with van der Waals surface area (Å²) in [4.78, 5) is 0. The number of nitrogens with one attached hydrogen (secondary N) is 1. The highest BCUT2D eigenvalue weighted by molar-refractivity contribution is 5.89. The van der Waals surface area contributed by atoms with Crippen LogP contribution in [0.4, 0.5) is 0 Å². The molecule has 0 saturated carbocycles. The van der Waals surface area contributed by atoms with E-state index < -0.39 is 28.6 Å². The van der Waals surface area contributed by atoms with E-state index in [9.17, 15) is 15.8 Å². The number of rotatable bonds is 8. The minimum absolute atomic E-state index is 0.0412. The van der Waals surface area contributed by atoms with Gasteiger partial charge in [-0.05, 0) is 25.2 Å². The zero-order valence-corrected chi connectivity index (χ0v) is 16.8. The molecule has 2 aliphatic rings. The molecule has 0 aromatic carbocycles. The molecular weight excluding hydrogens is 340 g/mol. The summed E-state index contributed by atoms with van der Waals surface area (Å²) >= 11 is 0. The van der Waals surface area contributed by atoms with Gasteiger partial charge in [0.1, 0.15) is 0 Å². The summed E-state index contributed by atoms with van der Waals surface area (Å²) in [6, 6.07) is 6.53. The minimum Gasteiger partial charge on any atom is -0.447 e. The van der Waals surface area contributed by atoms with E-state index in [0.717, 1.165) is 32.1 Å². The molecule has 5 atom stereocenters. The highest BCUT2D eigenvalue weighted by atomic mass is 16.7. The van der Waals surface area contributed by atoms with Gasteiger partial charge in [-0.2, -0.15) is 15.8 Å². The van der Waals surface area contributed by atoms with Crippen LogP contribution in [0, 0.1) is 62.1 Å². The maximum absolute atomic E-state index is 10.2. The summed E-state index contributed by atoms with van der Waals surface area (Å²) in [5.74, 6) is -1.93. The lowest BCUT2D eigenvalue weighted by Crippen LogP contribution is -2.64. The molecule has 6 heteroatoms. The number of nitriles is 3. The molecule has 0 aromatic rings. The second kappa shape index (κ2) is 7.87. The number of nitrogens with zero attached hydrogens (tertiary/aromatic N) is 3. The fourth-order valence-electron chi connectivity index (χ4n) is 5.18. The Hall–Kier alpha value is -2.10. The normalized spacial score (nSPS) is 34.8. The van der Waals surface area contributed by atoms with Crippen molar-refractivity contribution in [3.63, 3.8) is 0 Å². The Morgan fingerprint density at radius 1 is 1.07 bits per heavy atom. The topological polar surface area (TPSA) is 114 Å². The van der Waals surface area contributed by atoms with E-state index in [1.165, 1.54) is 0 Å². The third kappa shape index (κ3) is 2.64. The molecule has 0 spiro atoms. The Morgan fingerprint density at radius 3 is 2.19 bits per heavy atom. The Bertz CT molecular complexity index is 686. The van der Waals surface area contributed by atoms with Crippen LogP contribution in [0.5, 0.6) is 0 Å². The first kappa shape index (κ1) is 21.2. The van der Waals surface area contributed by atoms with E-state index in [-0.39, 0.29) is 11.8 Å². The van der Waals surface area contributed by atoms with Crippen molar-refractivity contribution in [2.45, 2.75) is 84.5 Å². The minimum atomic E-state index is -1.75. The van der Waals surface area contributed by atoms with Crippen LogP contribution < -0.4 is 0 Å². The molecule has 5 unspecified atom stereocenters. The SMILES string of the molecule is CCCCC(CC)C1OC2(CCC)OC(=N)C(C#N)(C2CC)C1(C#N)C#N. The van der Waals surface area contributed by atoms with Crippen LogP contribution in [0.2, 0.25) is 0 Å². The summed E-state index contributed by atoms with van der Waals surface area (Å²) in [6.07, 6.45) is 4.56. The zero-order valence-electron chi connectivity index (χ0n) is 16.8. The van der Waals surface area contributed by atoms with Gasteiger partial charge in [0.05, 0.1) is 30.2 Å². The van der Waals surface area contributed by atoms with Crippen LogP contribution in [-0.4, -0.2) is 17.8 Å². The number of ether oxygens (including phenoxy) is 2. The van der Waals surface area contributed by atoms with Crippen molar-refractivity contribution in [1.82, 2.24) is 0 Å². The summed E-state index contributed by atoms with van der Waals surface area (Å²) < 4.78 is 12.4. The average molecular weight is 370 g/mol. The van der Waals surface area contributed by atoms with Crippen LogP contribution in [-0.2, 0) is 9.47 Å². The molecule has 0 aliphatic carbocycles. The van der Waals surface area contributed by atoms with Gasteiger partial charge in [0.15, 0.2) is 10.8 Å². The van der Waals surface area contributed by atoms with Crippen molar-refractivity contribution in [2.75, 3.05) is 0 Å². The number of hydrogen-bond donors (Lipinski definition) is 1. The van der Waals surface area contributed by atoms with Gasteiger partial charge in [-0.25, -0.2) is 0 Å². The third-order valence-electron chi connectivity index (χ3n) is 6.48. The predicted octanol–water partition coefficient (Wildman–Crippen LogP) is 4.68. The monoisotopic (exact) mass is 370 g/mol. The van der Waals surface area contributed by atoms with Crippen molar-refractivity contribution >= 4 is 5.90 Å². The number of unbranched alkanes of at least 4 members (excludes halogenated alkanes) is 1. The largest absolute Gasteiger partial charge is 0.447 e. The summed E-state index contributed by atoms with van der Waals surface area (Å²) in [5, 5.41) is 39.1. The smallest absolute Gasteiger partial charge is 0.217 e. The molecule has 0 amide bonds. The van der Waals surface area contributed by atoms with Gasteiger partial charge in [0.25, 0.3) is 0 Å². The molecule has 2 saturated heterocycles. The number of hydrogen-bond acceptors (Lipinski definition) is 6. The summed E-state index contributed by atoms with van der Waals surface area (Å²) in [7, 11) is 0. The van der Waals surface area contributed by atoms with Crippen LogP contribution in [0.3, 0.4) is 0 Å². The van der Waals surface area contributed by atoms with Crippen LogP contribution in [0.15, 0.2) is 0 Å². The van der Waals surface area contributed by atoms with Crippen molar-refractivity contribution in [1.29, 1.82) is 21.2 Å². The Balaban J connectivity index is 2.74. The Kier molecular flexibility index (Phi) is 6.18. The van der Waals surface area contributed by atoms with Gasteiger partial charge in [-0.15, -0.1) is 0 Å². The second-order valence-electron chi connectivity index (χ2n) is 7.75. The van der Waals surface area contributed by atoms with Crippen LogP contribution >= 0.6 is 0 Å². The van der Waals surface area contributed by atoms with Crippen molar-refractivity contribution < 1.29 is 9.47 Å². The molecule has 2 fully saturated rings. The fraction of sp³-hybridized carbons (Fsp3) is 0.810. The molecule has 0 aromatic heterocycles. The van der Waals surface area contributed by atoms with Gasteiger partial charge in [0.2, 0.25) is 11.7 Å². The number of fused-ring (bicyclic) bond motifs is 2. The van der Waals surface area contributed by atoms with E-state index in [0.29, 0.717) is 12.8 Å². The molecule has 27 heavy (non-hydrogen) atoms. The molecule has 1 N–H and O–H groups in total. The van der Waals surface area contributed by atoms with Crippen molar-refractivity contribution in [2.24, 2.45) is 22.7 Å². The van der Waals surface area contributed by atoms with Crippen molar-refractivity contribution in [3.8, 4) is 18.2 Å². The van der Waals surface area contributed by atoms with Gasteiger partial charge in [-0.1, -0.05) is 47.0 Å². The van der Waals surface area contributed by atoms with Gasteiger partial charge >= 0.3 is 0 Å². The fourth-order valence-corrected chi connectivity index (χ4v) is 5.18. The highest BCUT2D eigenvalue weighted by Crippen LogP contribution is 2.65. The van der Waals surface area contributed by atoms with Gasteiger partial charge in [0, 0.05) is 6.42 Å². The molecule has 2 bridgehead atoms. The maximum atomic E-state index is 10.2. The Labute approximate surface area is 162 Å². The molecule has 2 aliphatic heterocycles. The maximum Gasteiger partial charge on any atom is 0.217 e. The standard InChI is InChI=1S/C21H30N4O2/c1-5-9-10-15(7-3)17-19(12-22,13-23)20(14-24)16(8-4)21(26-17,11-6-2)27-18(20)25/h15-17,25H,5-11H2,1-4H3. The lowest BCUT2D eigenvalue weighted by Gasteiger charge is -2.51. The first-order chi connectivity index (χ1) is 12.9. The zero-order chi connectivity index (χ0) is 20.3. The van der Waals surface area contributed by atoms with Crippen LogP contribution in [0.25, 0.3) is 0 Å². The van der Waals surface area contributed by atoms with E-state index >= 15 is 0 Å². The average Bonchev–Trinajstić information content (AvgIpc) is 2.86. The van der Waals surface area contributed by atoms with E-state index in [2.05, 4.69) is 25.1 Å². The van der Waals surface area contributed by atoms with E-state index in [4.69, 9.17) is 14.9 Å². The Morgan fingerprint density at radius 2 is 1.74 bits per heavy atom. The third-order valence-corrected chi connectivity index (χ3v) is 6.48.